The van der Waals surface area contributed by atoms with Crippen LogP contribution < -0.4 is 0 Å². The quantitative estimate of drug-likeness (QED) is 0.415. The Hall–Kier alpha value is -2.03. The van der Waals surface area contributed by atoms with Gasteiger partial charge in [-0.05, 0) is 72.4 Å². The lowest BCUT2D eigenvalue weighted by Gasteiger charge is -2.29. The van der Waals surface area contributed by atoms with E-state index in [1.807, 2.05) is 6.08 Å². The molecule has 0 atom stereocenters. The Balaban J connectivity index is 1.41. The molecule has 1 fully saturated rings. The van der Waals surface area contributed by atoms with Gasteiger partial charge >= 0.3 is 0 Å². The monoisotopic (exact) mass is 426 g/mol. The van der Waals surface area contributed by atoms with E-state index in [1.165, 1.54) is 87.3 Å². The van der Waals surface area contributed by atoms with Crippen LogP contribution in [0.5, 0.6) is 0 Å². The molecule has 31 heavy (non-hydrogen) atoms. The highest BCUT2D eigenvalue weighted by Gasteiger charge is 2.24. The molecule has 0 radical (unpaired) electrons. The van der Waals surface area contributed by atoms with Gasteiger partial charge < -0.3 is 0 Å². The van der Waals surface area contributed by atoms with E-state index in [0.717, 1.165) is 24.7 Å². The number of benzene rings is 2. The van der Waals surface area contributed by atoms with Crippen molar-refractivity contribution in [2.45, 2.75) is 77.6 Å². The first-order chi connectivity index (χ1) is 15.0. The summed E-state index contributed by atoms with van der Waals surface area (Å²) in [6.07, 6.45) is 15.1. The summed E-state index contributed by atoms with van der Waals surface area (Å²) >= 11 is 0. The van der Waals surface area contributed by atoms with Crippen molar-refractivity contribution in [3.8, 4) is 11.1 Å². The third-order valence-electron chi connectivity index (χ3n) is 7.35. The van der Waals surface area contributed by atoms with Crippen molar-refractivity contribution in [3.63, 3.8) is 0 Å². The smallest absolute Gasteiger partial charge is 0.137 e. The van der Waals surface area contributed by atoms with E-state index in [2.05, 4.69) is 6.92 Å². The van der Waals surface area contributed by atoms with Gasteiger partial charge in [-0.25, -0.2) is 13.2 Å². The zero-order valence-electron chi connectivity index (χ0n) is 18.5. The molecule has 0 saturated heterocycles. The fourth-order valence-electron chi connectivity index (χ4n) is 5.41. The fourth-order valence-corrected chi connectivity index (χ4v) is 5.41. The maximum Gasteiger partial charge on any atom is 0.137 e. The highest BCUT2D eigenvalue weighted by Crippen LogP contribution is 2.38. The van der Waals surface area contributed by atoms with Crippen LogP contribution in [0.25, 0.3) is 17.2 Å². The summed E-state index contributed by atoms with van der Waals surface area (Å²) in [5, 5.41) is 0. The van der Waals surface area contributed by atoms with Crippen LogP contribution in [0.3, 0.4) is 0 Å². The van der Waals surface area contributed by atoms with E-state index in [-0.39, 0.29) is 5.56 Å². The summed E-state index contributed by atoms with van der Waals surface area (Å²) in [5.74, 6) is 0.241. The first-order valence-corrected chi connectivity index (χ1v) is 12.0. The molecule has 0 bridgehead atoms. The Morgan fingerprint density at radius 1 is 0.871 bits per heavy atom. The summed E-state index contributed by atoms with van der Waals surface area (Å²) in [6.45, 7) is 2.27. The van der Waals surface area contributed by atoms with Crippen LogP contribution in [0.2, 0.25) is 0 Å². The highest BCUT2D eigenvalue weighted by molar-refractivity contribution is 5.71. The Labute approximate surface area is 184 Å². The van der Waals surface area contributed by atoms with E-state index < -0.39 is 17.5 Å². The molecular weight excluding hydrogens is 393 g/mol. The molecule has 0 aliphatic heterocycles. The van der Waals surface area contributed by atoms with E-state index >= 15 is 4.39 Å². The summed E-state index contributed by atoms with van der Waals surface area (Å²) in [4.78, 5) is 0. The van der Waals surface area contributed by atoms with E-state index in [9.17, 15) is 8.78 Å². The van der Waals surface area contributed by atoms with Crippen molar-refractivity contribution in [3.05, 3.63) is 64.5 Å². The van der Waals surface area contributed by atoms with Gasteiger partial charge in [0.05, 0.1) is 5.56 Å². The number of allylic oxidation sites excluding steroid dienone is 1. The van der Waals surface area contributed by atoms with Crippen molar-refractivity contribution < 1.29 is 13.2 Å². The van der Waals surface area contributed by atoms with Gasteiger partial charge in [-0.1, -0.05) is 75.7 Å². The molecule has 0 aromatic heterocycles. The molecule has 4 rings (SSSR count). The molecule has 0 nitrogen and oxygen atoms in total. The van der Waals surface area contributed by atoms with Crippen molar-refractivity contribution in [2.75, 3.05) is 0 Å². The number of fused-ring (bicyclic) bond motifs is 1. The van der Waals surface area contributed by atoms with Gasteiger partial charge in [0.2, 0.25) is 0 Å². The van der Waals surface area contributed by atoms with E-state index in [0.29, 0.717) is 23.1 Å². The predicted molar refractivity (Wildman–Crippen MR) is 122 cm³/mol. The van der Waals surface area contributed by atoms with Crippen LogP contribution in [0.4, 0.5) is 13.2 Å². The molecule has 2 aromatic rings. The minimum absolute atomic E-state index is 0.0459. The van der Waals surface area contributed by atoms with Crippen LogP contribution in [0.15, 0.2) is 35.9 Å². The Morgan fingerprint density at radius 2 is 1.55 bits per heavy atom. The van der Waals surface area contributed by atoms with E-state index in [1.54, 1.807) is 0 Å². The zero-order valence-corrected chi connectivity index (χ0v) is 18.5. The molecule has 0 unspecified atom stereocenters. The normalized spacial score (nSPS) is 21.0. The van der Waals surface area contributed by atoms with Crippen LogP contribution >= 0.6 is 0 Å². The second-order valence-electron chi connectivity index (χ2n) is 9.49. The van der Waals surface area contributed by atoms with Crippen molar-refractivity contribution in [1.29, 1.82) is 0 Å². The second-order valence-corrected chi connectivity index (χ2v) is 9.49. The van der Waals surface area contributed by atoms with Crippen LogP contribution in [0.1, 0.15) is 82.3 Å². The number of rotatable bonds is 7. The largest absolute Gasteiger partial charge is 0.207 e. The lowest BCUT2D eigenvalue weighted by Crippen LogP contribution is -2.15. The molecule has 2 aliphatic rings. The Morgan fingerprint density at radius 3 is 2.23 bits per heavy atom. The number of halogens is 3. The van der Waals surface area contributed by atoms with Gasteiger partial charge in [0.25, 0.3) is 0 Å². The molecule has 2 aromatic carbocycles. The van der Waals surface area contributed by atoms with Gasteiger partial charge in [-0.15, -0.1) is 0 Å². The SMILES string of the molecule is CCCCC1CCC(CCC2=Cc3cc(F)c(-c4ccc(F)cc4)c(F)c3CC2)CC1. The maximum absolute atomic E-state index is 15.2. The molecular formula is C28H33F3. The molecule has 0 N–H and O–H groups in total. The second kappa shape index (κ2) is 10.1. The predicted octanol–water partition coefficient (Wildman–Crippen LogP) is 8.88. The summed E-state index contributed by atoms with van der Waals surface area (Å²) in [5.41, 5.74) is 2.90. The fraction of sp³-hybridized carbons (Fsp3) is 0.500. The van der Waals surface area contributed by atoms with Crippen molar-refractivity contribution in [1.82, 2.24) is 0 Å². The average molecular weight is 427 g/mol. The maximum atomic E-state index is 15.2. The molecule has 0 heterocycles. The third kappa shape index (κ3) is 5.25. The molecule has 1 saturated carbocycles. The standard InChI is InChI=1S/C28H33F3/c1-2-3-4-19-5-7-20(8-6-19)9-10-21-11-16-25-23(17-21)18-26(30)27(28(25)31)22-12-14-24(29)15-13-22/h12-15,17-20H,2-11,16H2,1H3. The molecule has 0 amide bonds. The molecule has 166 valence electrons. The summed E-state index contributed by atoms with van der Waals surface area (Å²) < 4.78 is 43.2. The first kappa shape index (κ1) is 22.2. The summed E-state index contributed by atoms with van der Waals surface area (Å²) in [6, 6.07) is 6.80. The lowest BCUT2D eigenvalue weighted by molar-refractivity contribution is 0.249. The van der Waals surface area contributed by atoms with Gasteiger partial charge in [0, 0.05) is 0 Å². The van der Waals surface area contributed by atoms with Crippen molar-refractivity contribution in [2.24, 2.45) is 11.8 Å². The van der Waals surface area contributed by atoms with E-state index in [4.69, 9.17) is 0 Å². The van der Waals surface area contributed by atoms with Crippen LogP contribution in [0, 0.1) is 29.3 Å². The van der Waals surface area contributed by atoms with Crippen molar-refractivity contribution >= 4 is 6.08 Å². The van der Waals surface area contributed by atoms with Gasteiger partial charge in [0.15, 0.2) is 0 Å². The number of unbranched alkanes of at least 4 members (excludes halogenated alkanes) is 1. The minimum Gasteiger partial charge on any atom is -0.207 e. The zero-order chi connectivity index (χ0) is 21.8. The molecule has 3 heteroatoms. The first-order valence-electron chi connectivity index (χ1n) is 12.0. The average Bonchev–Trinajstić information content (AvgIpc) is 2.78. The molecule has 2 aliphatic carbocycles. The minimum atomic E-state index is -0.578. The summed E-state index contributed by atoms with van der Waals surface area (Å²) in [7, 11) is 0. The molecule has 0 spiro atoms. The van der Waals surface area contributed by atoms with Crippen LogP contribution in [-0.4, -0.2) is 0 Å². The van der Waals surface area contributed by atoms with Crippen LogP contribution in [-0.2, 0) is 6.42 Å². The Kier molecular flexibility index (Phi) is 7.20. The Bertz CT molecular complexity index is 918. The third-order valence-corrected chi connectivity index (χ3v) is 7.35. The van der Waals surface area contributed by atoms with Gasteiger partial charge in [-0.3, -0.25) is 0 Å². The number of hydrogen-bond donors (Lipinski definition) is 0. The van der Waals surface area contributed by atoms with Gasteiger partial charge in [0.1, 0.15) is 17.5 Å². The topological polar surface area (TPSA) is 0 Å². The van der Waals surface area contributed by atoms with Gasteiger partial charge in [-0.2, -0.15) is 0 Å². The lowest BCUT2D eigenvalue weighted by atomic mass is 9.77. The highest BCUT2D eigenvalue weighted by atomic mass is 19.1. The number of hydrogen-bond acceptors (Lipinski definition) is 0.